The second-order valence-electron chi connectivity index (χ2n) is 4.02. The first kappa shape index (κ1) is 12.3. The van der Waals surface area contributed by atoms with Gasteiger partial charge in [0.25, 0.3) is 0 Å². The third-order valence-corrected chi connectivity index (χ3v) is 3.21. The van der Waals surface area contributed by atoms with Crippen LogP contribution in [0.5, 0.6) is 0 Å². The van der Waals surface area contributed by atoms with Crippen molar-refractivity contribution in [3.63, 3.8) is 0 Å². The van der Waals surface area contributed by atoms with Crippen LogP contribution in [0.25, 0.3) is 0 Å². The summed E-state index contributed by atoms with van der Waals surface area (Å²) in [5.41, 5.74) is -1.84. The molecule has 1 rings (SSSR count). The van der Waals surface area contributed by atoms with E-state index in [1.165, 1.54) is 0 Å². The van der Waals surface area contributed by atoms with Crippen molar-refractivity contribution >= 4 is 5.97 Å². The zero-order chi connectivity index (χ0) is 11.6. The minimum absolute atomic E-state index is 0.0668. The Morgan fingerprint density at radius 3 is 1.87 bits per heavy atom. The average molecular weight is 224 g/mol. The van der Waals surface area contributed by atoms with Gasteiger partial charge in [-0.3, -0.25) is 4.79 Å². The molecule has 0 radical (unpaired) electrons. The largest absolute Gasteiger partial charge is 0.481 e. The molecule has 88 valence electrons. The summed E-state index contributed by atoms with van der Waals surface area (Å²) in [7, 11) is 0. The van der Waals surface area contributed by atoms with Gasteiger partial charge in [0.2, 0.25) is 12.7 Å². The molecule has 4 nitrogen and oxygen atoms in total. The van der Waals surface area contributed by atoms with Crippen LogP contribution in [0.1, 0.15) is 25.7 Å². The second-order valence-corrected chi connectivity index (χ2v) is 4.02. The summed E-state index contributed by atoms with van der Waals surface area (Å²) >= 11 is 0. The number of alkyl halides is 2. The van der Waals surface area contributed by atoms with Crippen molar-refractivity contribution < 1.29 is 28.9 Å². The maximum Gasteiger partial charge on any atom is 0.306 e. The molecule has 0 spiro atoms. The van der Waals surface area contributed by atoms with E-state index in [4.69, 9.17) is 15.3 Å². The molecule has 0 saturated heterocycles. The summed E-state index contributed by atoms with van der Waals surface area (Å²) in [5, 5.41) is 26.3. The van der Waals surface area contributed by atoms with Crippen molar-refractivity contribution in [2.45, 2.75) is 38.4 Å². The highest BCUT2D eigenvalue weighted by atomic mass is 19.2. The lowest BCUT2D eigenvalue weighted by Crippen LogP contribution is -2.45. The highest BCUT2D eigenvalue weighted by Gasteiger charge is 2.49. The molecule has 1 fully saturated rings. The highest BCUT2D eigenvalue weighted by Crippen LogP contribution is 2.45. The first-order valence-electron chi connectivity index (χ1n) is 4.77. The summed E-state index contributed by atoms with van der Waals surface area (Å²) in [6, 6.07) is 0. The SMILES string of the molecule is O=C(O)C1CCC(C(O)F)(C(O)F)CC1. The van der Waals surface area contributed by atoms with Gasteiger partial charge < -0.3 is 15.3 Å². The van der Waals surface area contributed by atoms with Crippen molar-refractivity contribution in [3.05, 3.63) is 0 Å². The lowest BCUT2D eigenvalue weighted by Gasteiger charge is -2.39. The normalized spacial score (nSPS) is 35.9. The maximum absolute atomic E-state index is 12.8. The van der Waals surface area contributed by atoms with Crippen LogP contribution in [-0.2, 0) is 4.79 Å². The molecule has 0 aromatic heterocycles. The average Bonchev–Trinajstić information content (AvgIpc) is 2.17. The summed E-state index contributed by atoms with van der Waals surface area (Å²) in [5.74, 6) is -1.65. The fourth-order valence-electron chi connectivity index (χ4n) is 1.99. The maximum atomic E-state index is 12.8. The van der Waals surface area contributed by atoms with Crippen LogP contribution < -0.4 is 0 Å². The van der Waals surface area contributed by atoms with Gasteiger partial charge in [-0.15, -0.1) is 0 Å². The van der Waals surface area contributed by atoms with Crippen LogP contribution in [0.15, 0.2) is 0 Å². The van der Waals surface area contributed by atoms with Gasteiger partial charge in [-0.2, -0.15) is 0 Å². The van der Waals surface area contributed by atoms with Crippen LogP contribution in [-0.4, -0.2) is 34.0 Å². The zero-order valence-electron chi connectivity index (χ0n) is 8.07. The van der Waals surface area contributed by atoms with Crippen LogP contribution >= 0.6 is 0 Å². The molecule has 15 heavy (non-hydrogen) atoms. The third-order valence-electron chi connectivity index (χ3n) is 3.21. The van der Waals surface area contributed by atoms with Gasteiger partial charge >= 0.3 is 5.97 Å². The number of hydrogen-bond acceptors (Lipinski definition) is 3. The van der Waals surface area contributed by atoms with Gasteiger partial charge in [0, 0.05) is 0 Å². The van der Waals surface area contributed by atoms with Gasteiger partial charge in [-0.05, 0) is 25.7 Å². The van der Waals surface area contributed by atoms with Crippen molar-refractivity contribution in [1.29, 1.82) is 0 Å². The topological polar surface area (TPSA) is 77.8 Å². The Morgan fingerprint density at radius 2 is 1.60 bits per heavy atom. The van der Waals surface area contributed by atoms with E-state index in [1.807, 2.05) is 0 Å². The van der Waals surface area contributed by atoms with Crippen molar-refractivity contribution in [3.8, 4) is 0 Å². The molecule has 1 aliphatic rings. The number of carbonyl (C=O) groups is 1. The first-order chi connectivity index (χ1) is 6.90. The monoisotopic (exact) mass is 224 g/mol. The second kappa shape index (κ2) is 4.40. The molecular weight excluding hydrogens is 210 g/mol. The predicted molar refractivity (Wildman–Crippen MR) is 46.3 cm³/mol. The molecule has 2 unspecified atom stereocenters. The summed E-state index contributed by atoms with van der Waals surface area (Å²) in [6.07, 6.45) is -5.13. The van der Waals surface area contributed by atoms with Crippen molar-refractivity contribution in [2.24, 2.45) is 11.3 Å². The molecule has 2 atom stereocenters. The molecule has 0 heterocycles. The van der Waals surface area contributed by atoms with E-state index in [0.29, 0.717) is 0 Å². The molecular formula is C9H14F2O4. The number of carboxylic acid groups (broad SMARTS) is 1. The molecule has 6 heteroatoms. The Labute approximate surface area is 85.5 Å². The summed E-state index contributed by atoms with van der Waals surface area (Å²) in [6.45, 7) is 0. The van der Waals surface area contributed by atoms with Crippen LogP contribution in [0.2, 0.25) is 0 Å². The Balaban J connectivity index is 2.70. The lowest BCUT2D eigenvalue weighted by molar-refractivity contribution is -0.197. The Morgan fingerprint density at radius 1 is 1.20 bits per heavy atom. The predicted octanol–water partition coefficient (Wildman–Crippen LogP) is 0.823. The minimum Gasteiger partial charge on any atom is -0.481 e. The molecule has 0 aromatic rings. The van der Waals surface area contributed by atoms with E-state index in [0.717, 1.165) is 0 Å². The molecule has 0 aromatic carbocycles. The van der Waals surface area contributed by atoms with E-state index >= 15 is 0 Å². The van der Waals surface area contributed by atoms with E-state index in [2.05, 4.69) is 0 Å². The van der Waals surface area contributed by atoms with Gasteiger partial charge in [0.05, 0.1) is 11.3 Å². The van der Waals surface area contributed by atoms with E-state index in [1.54, 1.807) is 0 Å². The number of hydrogen-bond donors (Lipinski definition) is 3. The molecule has 1 aliphatic carbocycles. The highest BCUT2D eigenvalue weighted by molar-refractivity contribution is 5.70. The standard InChI is InChI=1S/C9H14F2O4/c10-7(14)9(8(11)15)3-1-5(2-4-9)6(12)13/h5,7-8,14-15H,1-4H2,(H,12,13). The van der Waals surface area contributed by atoms with Gasteiger partial charge in [-0.25, -0.2) is 8.78 Å². The lowest BCUT2D eigenvalue weighted by atomic mass is 9.70. The van der Waals surface area contributed by atoms with Crippen LogP contribution in [0.3, 0.4) is 0 Å². The van der Waals surface area contributed by atoms with Crippen molar-refractivity contribution in [1.82, 2.24) is 0 Å². The number of halogens is 2. The minimum atomic E-state index is -2.47. The van der Waals surface area contributed by atoms with Crippen LogP contribution in [0, 0.1) is 11.3 Å². The Kier molecular flexibility index (Phi) is 3.62. The number of aliphatic carboxylic acids is 1. The summed E-state index contributed by atoms with van der Waals surface area (Å²) < 4.78 is 25.7. The van der Waals surface area contributed by atoms with Crippen molar-refractivity contribution in [2.75, 3.05) is 0 Å². The van der Waals surface area contributed by atoms with E-state index < -0.39 is 30.0 Å². The van der Waals surface area contributed by atoms with Gasteiger partial charge in [0.1, 0.15) is 0 Å². The first-order valence-corrected chi connectivity index (χ1v) is 4.77. The van der Waals surface area contributed by atoms with Gasteiger partial charge in [-0.1, -0.05) is 0 Å². The number of carboxylic acids is 1. The number of aliphatic hydroxyl groups is 2. The third kappa shape index (κ3) is 2.26. The smallest absolute Gasteiger partial charge is 0.306 e. The molecule has 0 aliphatic heterocycles. The molecule has 1 saturated carbocycles. The van der Waals surface area contributed by atoms with E-state index in [9.17, 15) is 13.6 Å². The fraction of sp³-hybridized carbons (Fsp3) is 0.889. The fourth-order valence-corrected chi connectivity index (χ4v) is 1.99. The Bertz CT molecular complexity index is 224. The quantitative estimate of drug-likeness (QED) is 0.663. The number of aliphatic hydroxyl groups excluding tert-OH is 2. The van der Waals surface area contributed by atoms with Crippen LogP contribution in [0.4, 0.5) is 8.78 Å². The molecule has 3 N–H and O–H groups in total. The van der Waals surface area contributed by atoms with E-state index in [-0.39, 0.29) is 25.7 Å². The zero-order valence-corrected chi connectivity index (χ0v) is 8.07. The van der Waals surface area contributed by atoms with Gasteiger partial charge in [0.15, 0.2) is 0 Å². The summed E-state index contributed by atoms with van der Waals surface area (Å²) in [4.78, 5) is 10.6. The number of rotatable bonds is 3. The Hall–Kier alpha value is -0.750. The molecule has 0 bridgehead atoms. The molecule has 0 amide bonds.